The van der Waals surface area contributed by atoms with E-state index in [2.05, 4.69) is 60.5 Å². The normalized spacial score (nSPS) is 11.9. The summed E-state index contributed by atoms with van der Waals surface area (Å²) in [5.41, 5.74) is 9.74. The molecule has 230 valence electrons. The monoisotopic (exact) mass is 630 g/mol. The van der Waals surface area contributed by atoms with Crippen molar-refractivity contribution in [2.45, 2.75) is 19.6 Å². The van der Waals surface area contributed by atoms with Crippen LogP contribution < -0.4 is 10.0 Å². The van der Waals surface area contributed by atoms with Crippen LogP contribution in [-0.4, -0.2) is 34.8 Å². The van der Waals surface area contributed by atoms with Gasteiger partial charge < -0.3 is 10.3 Å². The minimum atomic E-state index is -3.42. The van der Waals surface area contributed by atoms with Crippen LogP contribution in [0.1, 0.15) is 16.7 Å². The summed E-state index contributed by atoms with van der Waals surface area (Å²) in [7, 11) is -3.42. The second-order valence-corrected chi connectivity index (χ2v) is 13.2. The summed E-state index contributed by atoms with van der Waals surface area (Å²) in [6, 6.07) is 31.1. The number of hydrogen-bond acceptors (Lipinski definition) is 5. The summed E-state index contributed by atoms with van der Waals surface area (Å²) in [5, 5.41) is 13.2. The summed E-state index contributed by atoms with van der Waals surface area (Å²) in [6.45, 7) is 1.48. The molecule has 3 aromatic heterocycles. The number of nitrogens with zero attached hydrogens (tertiary/aromatic N) is 2. The predicted octanol–water partition coefficient (Wildman–Crippen LogP) is 6.92. The third-order valence-electron chi connectivity index (χ3n) is 7.92. The number of pyridine rings is 1. The number of sulfonamides is 1. The molecule has 4 aromatic carbocycles. The topological polar surface area (TPSA) is 116 Å². The molecule has 0 spiro atoms. The highest BCUT2D eigenvalue weighted by Crippen LogP contribution is 2.36. The lowest BCUT2D eigenvalue weighted by Gasteiger charge is -2.08. The lowest BCUT2D eigenvalue weighted by atomic mass is 9.99. The van der Waals surface area contributed by atoms with Crippen molar-refractivity contribution in [3.63, 3.8) is 0 Å². The Kier molecular flexibility index (Phi) is 7.91. The molecule has 0 fully saturated rings. The first-order valence-corrected chi connectivity index (χ1v) is 16.7. The van der Waals surface area contributed by atoms with Crippen molar-refractivity contribution in [2.75, 3.05) is 6.26 Å². The molecule has 0 aliphatic heterocycles. The fraction of sp³-hybridized carbons (Fsp3) is 0.111. The highest BCUT2D eigenvalue weighted by atomic mass is 32.2. The lowest BCUT2D eigenvalue weighted by Crippen LogP contribution is -2.21. The van der Waals surface area contributed by atoms with E-state index in [0.29, 0.717) is 17.7 Å². The average Bonchev–Trinajstić information content (AvgIpc) is 3.68. The number of aromatic amines is 2. The van der Waals surface area contributed by atoms with Crippen molar-refractivity contribution >= 4 is 31.8 Å². The van der Waals surface area contributed by atoms with E-state index in [-0.39, 0.29) is 6.54 Å². The zero-order valence-electron chi connectivity index (χ0n) is 25.0. The molecular weight excluding hydrogens is 600 g/mol. The smallest absolute Gasteiger partial charge is 0.209 e. The van der Waals surface area contributed by atoms with Gasteiger partial charge in [0.25, 0.3) is 0 Å². The lowest BCUT2D eigenvalue weighted by molar-refractivity contribution is 0.586. The number of rotatable bonds is 10. The van der Waals surface area contributed by atoms with E-state index in [1.54, 1.807) is 6.07 Å². The van der Waals surface area contributed by atoms with Crippen molar-refractivity contribution < 1.29 is 12.8 Å². The molecule has 0 radical (unpaired) electrons. The SMILES string of the molecule is CS(=O)(=O)NCc1cc(F)cc(-c2cccc3[nH]c(-c4n[nH]c5ccc(-c6cncc(CNCc7ccccc7)c6)cc45)cc23)c1. The maximum atomic E-state index is 14.7. The van der Waals surface area contributed by atoms with Gasteiger partial charge in [0, 0.05) is 53.9 Å². The third-order valence-corrected chi connectivity index (χ3v) is 8.59. The van der Waals surface area contributed by atoms with Gasteiger partial charge in [-0.25, -0.2) is 17.5 Å². The molecule has 0 aliphatic carbocycles. The van der Waals surface area contributed by atoms with Crippen molar-refractivity contribution in [3.05, 3.63) is 132 Å². The number of H-pyrrole nitrogens is 2. The van der Waals surface area contributed by atoms with Crippen LogP contribution in [0, 0.1) is 5.82 Å². The van der Waals surface area contributed by atoms with E-state index in [9.17, 15) is 12.8 Å². The first-order valence-electron chi connectivity index (χ1n) is 14.8. The highest BCUT2D eigenvalue weighted by Gasteiger charge is 2.16. The van der Waals surface area contributed by atoms with Crippen molar-refractivity contribution in [3.8, 4) is 33.6 Å². The van der Waals surface area contributed by atoms with Crippen LogP contribution in [0.4, 0.5) is 4.39 Å². The Morgan fingerprint density at radius 2 is 1.54 bits per heavy atom. The van der Waals surface area contributed by atoms with E-state index in [4.69, 9.17) is 0 Å². The van der Waals surface area contributed by atoms with E-state index in [1.165, 1.54) is 17.7 Å². The molecule has 4 N–H and O–H groups in total. The summed E-state index contributed by atoms with van der Waals surface area (Å²) >= 11 is 0. The van der Waals surface area contributed by atoms with Gasteiger partial charge in [0.15, 0.2) is 0 Å². The number of benzene rings is 4. The fourth-order valence-corrected chi connectivity index (χ4v) is 6.17. The van der Waals surface area contributed by atoms with Crippen LogP contribution in [-0.2, 0) is 29.7 Å². The van der Waals surface area contributed by atoms with Crippen molar-refractivity contribution in [1.82, 2.24) is 30.2 Å². The number of fused-ring (bicyclic) bond motifs is 2. The second-order valence-electron chi connectivity index (χ2n) is 11.4. The predicted molar refractivity (Wildman–Crippen MR) is 181 cm³/mol. The van der Waals surface area contributed by atoms with Gasteiger partial charge in [0.2, 0.25) is 10.0 Å². The van der Waals surface area contributed by atoms with Crippen LogP contribution >= 0.6 is 0 Å². The molecule has 3 heterocycles. The number of nitrogens with one attached hydrogen (secondary N) is 4. The zero-order chi connectivity index (χ0) is 31.7. The zero-order valence-corrected chi connectivity index (χ0v) is 25.8. The molecule has 0 aliphatic rings. The van der Waals surface area contributed by atoms with Gasteiger partial charge in [-0.05, 0) is 81.9 Å². The molecule has 0 unspecified atom stereocenters. The molecule has 0 atom stereocenters. The molecule has 0 saturated carbocycles. The Balaban J connectivity index is 1.19. The standard InChI is InChI=1S/C36H31FN6O2S/c1-46(44,45)40-21-24-12-27(15-29(37)14-24)30-8-5-9-33-31(30)17-35(41-33)36-32-16-26(10-11-34(32)42-43-36)28-13-25(20-39-22-28)19-38-18-23-6-3-2-4-7-23/h2-17,20,22,38,40-41H,18-19,21H2,1H3,(H,42,43). The third kappa shape index (κ3) is 6.45. The highest BCUT2D eigenvalue weighted by molar-refractivity contribution is 7.88. The quantitative estimate of drug-likeness (QED) is 0.131. The van der Waals surface area contributed by atoms with Gasteiger partial charge in [-0.15, -0.1) is 0 Å². The average molecular weight is 631 g/mol. The maximum absolute atomic E-state index is 14.7. The molecule has 0 saturated heterocycles. The summed E-state index contributed by atoms with van der Waals surface area (Å²) in [5.74, 6) is -0.438. The van der Waals surface area contributed by atoms with E-state index >= 15 is 0 Å². The van der Waals surface area contributed by atoms with Crippen LogP contribution in [0.5, 0.6) is 0 Å². The number of hydrogen-bond donors (Lipinski definition) is 4. The van der Waals surface area contributed by atoms with Gasteiger partial charge in [0.05, 0.1) is 17.5 Å². The van der Waals surface area contributed by atoms with E-state index in [1.807, 2.05) is 60.9 Å². The first-order chi connectivity index (χ1) is 22.3. The minimum Gasteiger partial charge on any atom is -0.353 e. The Labute approximate surface area is 265 Å². The largest absolute Gasteiger partial charge is 0.353 e. The van der Waals surface area contributed by atoms with Crippen LogP contribution in [0.25, 0.3) is 55.4 Å². The Morgan fingerprint density at radius 3 is 2.39 bits per heavy atom. The summed E-state index contributed by atoms with van der Waals surface area (Å²) < 4.78 is 40.3. The van der Waals surface area contributed by atoms with Crippen LogP contribution in [0.15, 0.2) is 109 Å². The van der Waals surface area contributed by atoms with Gasteiger partial charge in [-0.3, -0.25) is 10.1 Å². The van der Waals surface area contributed by atoms with Crippen molar-refractivity contribution in [2.24, 2.45) is 0 Å². The van der Waals surface area contributed by atoms with Gasteiger partial charge in [-0.2, -0.15) is 5.10 Å². The number of aromatic nitrogens is 4. The Bertz CT molecular complexity index is 2300. The van der Waals surface area contributed by atoms with Gasteiger partial charge in [-0.1, -0.05) is 48.5 Å². The van der Waals surface area contributed by atoms with Crippen LogP contribution in [0.2, 0.25) is 0 Å². The molecule has 10 heteroatoms. The van der Waals surface area contributed by atoms with E-state index < -0.39 is 15.8 Å². The van der Waals surface area contributed by atoms with Crippen LogP contribution in [0.3, 0.4) is 0 Å². The first kappa shape index (κ1) is 29.5. The molecule has 0 amide bonds. The summed E-state index contributed by atoms with van der Waals surface area (Å²) in [4.78, 5) is 8.00. The van der Waals surface area contributed by atoms with Gasteiger partial charge >= 0.3 is 0 Å². The molecule has 7 aromatic rings. The fourth-order valence-electron chi connectivity index (χ4n) is 5.74. The van der Waals surface area contributed by atoms with E-state index in [0.717, 1.165) is 68.2 Å². The summed E-state index contributed by atoms with van der Waals surface area (Å²) in [6.07, 6.45) is 4.83. The second kappa shape index (κ2) is 12.3. The molecule has 0 bridgehead atoms. The Hall–Kier alpha value is -5.16. The minimum absolute atomic E-state index is 0.00216. The molecule has 8 nitrogen and oxygen atoms in total. The molecular formula is C36H31FN6O2S. The Morgan fingerprint density at radius 1 is 0.717 bits per heavy atom. The van der Waals surface area contributed by atoms with Gasteiger partial charge in [0.1, 0.15) is 11.5 Å². The molecule has 46 heavy (non-hydrogen) atoms. The maximum Gasteiger partial charge on any atom is 0.209 e. The number of halogens is 1. The molecule has 7 rings (SSSR count). The van der Waals surface area contributed by atoms with Crippen molar-refractivity contribution in [1.29, 1.82) is 0 Å².